The molecule has 0 aromatic heterocycles. The van der Waals surface area contributed by atoms with Gasteiger partial charge in [0.15, 0.2) is 0 Å². The van der Waals surface area contributed by atoms with Gasteiger partial charge in [-0.2, -0.15) is 0 Å². The Hall–Kier alpha value is -0.450. The van der Waals surface area contributed by atoms with Gasteiger partial charge in [0.1, 0.15) is 5.82 Å². The van der Waals surface area contributed by atoms with Crippen LogP contribution in [0.4, 0.5) is 4.39 Å². The van der Waals surface area contributed by atoms with Crippen molar-refractivity contribution in [2.24, 2.45) is 0 Å². The van der Waals surface area contributed by atoms with Crippen LogP contribution < -0.4 is 5.32 Å². The van der Waals surface area contributed by atoms with E-state index in [4.69, 9.17) is 4.74 Å². The van der Waals surface area contributed by atoms with Crippen LogP contribution in [0.5, 0.6) is 0 Å². The molecule has 17 heavy (non-hydrogen) atoms. The quantitative estimate of drug-likeness (QED) is 0.866. The molecule has 0 saturated heterocycles. The number of nitrogens with one attached hydrogen (secondary N) is 1. The summed E-state index contributed by atoms with van der Waals surface area (Å²) in [4.78, 5) is 0. The Labute approximate surface area is 111 Å². The molecule has 2 unspecified atom stereocenters. The van der Waals surface area contributed by atoms with Crippen LogP contribution in [-0.2, 0) is 4.74 Å². The maximum absolute atomic E-state index is 13.1. The largest absolute Gasteiger partial charge is 0.383 e. The summed E-state index contributed by atoms with van der Waals surface area (Å²) in [7, 11) is 1.70. The summed E-state index contributed by atoms with van der Waals surface area (Å²) in [5.41, 5.74) is 1.06. The molecule has 0 bridgehead atoms. The number of rotatable bonds is 6. The molecule has 2 atom stereocenters. The highest BCUT2D eigenvalue weighted by molar-refractivity contribution is 9.10. The van der Waals surface area contributed by atoms with Crippen LogP contribution in [0.15, 0.2) is 22.7 Å². The Kier molecular flexibility index (Phi) is 6.09. The third-order valence-corrected chi connectivity index (χ3v) is 3.40. The summed E-state index contributed by atoms with van der Waals surface area (Å²) in [6.45, 7) is 4.87. The van der Waals surface area contributed by atoms with Crippen LogP contribution in [-0.4, -0.2) is 19.8 Å². The first kappa shape index (κ1) is 14.6. The molecule has 2 nitrogen and oxygen atoms in total. The van der Waals surface area contributed by atoms with Crippen molar-refractivity contribution in [1.82, 2.24) is 5.32 Å². The topological polar surface area (TPSA) is 21.3 Å². The molecule has 1 N–H and O–H groups in total. The lowest BCUT2D eigenvalue weighted by molar-refractivity contribution is 0.159. The molecule has 0 amide bonds. The Morgan fingerprint density at radius 1 is 1.47 bits per heavy atom. The van der Waals surface area contributed by atoms with Crippen molar-refractivity contribution >= 4 is 15.9 Å². The number of benzene rings is 1. The lowest BCUT2D eigenvalue weighted by Gasteiger charge is -2.22. The lowest BCUT2D eigenvalue weighted by Crippen LogP contribution is -2.34. The second-order valence-corrected chi connectivity index (χ2v) is 4.98. The molecule has 4 heteroatoms. The lowest BCUT2D eigenvalue weighted by atomic mass is 10.1. The van der Waals surface area contributed by atoms with Crippen molar-refractivity contribution < 1.29 is 9.13 Å². The smallest absolute Gasteiger partial charge is 0.137 e. The highest BCUT2D eigenvalue weighted by Gasteiger charge is 2.12. The maximum atomic E-state index is 13.1. The van der Waals surface area contributed by atoms with Crippen LogP contribution in [0.25, 0.3) is 0 Å². The highest BCUT2D eigenvalue weighted by atomic mass is 79.9. The van der Waals surface area contributed by atoms with E-state index in [-0.39, 0.29) is 11.9 Å². The molecule has 0 heterocycles. The van der Waals surface area contributed by atoms with Gasteiger partial charge in [0, 0.05) is 19.2 Å². The molecule has 1 aromatic rings. The minimum Gasteiger partial charge on any atom is -0.383 e. The van der Waals surface area contributed by atoms with Gasteiger partial charge in [0.25, 0.3) is 0 Å². The molecule has 0 radical (unpaired) electrons. The molecule has 0 saturated carbocycles. The van der Waals surface area contributed by atoms with Crippen molar-refractivity contribution in [3.8, 4) is 0 Å². The van der Waals surface area contributed by atoms with Gasteiger partial charge in [0.2, 0.25) is 0 Å². The van der Waals surface area contributed by atoms with E-state index < -0.39 is 0 Å². The Morgan fingerprint density at radius 2 is 2.18 bits per heavy atom. The van der Waals surface area contributed by atoms with Crippen molar-refractivity contribution in [2.75, 3.05) is 13.7 Å². The number of hydrogen-bond acceptors (Lipinski definition) is 2. The normalized spacial score (nSPS) is 14.6. The van der Waals surface area contributed by atoms with Crippen molar-refractivity contribution in [3.05, 3.63) is 34.1 Å². The van der Waals surface area contributed by atoms with Crippen LogP contribution >= 0.6 is 15.9 Å². The fourth-order valence-electron chi connectivity index (χ4n) is 1.72. The van der Waals surface area contributed by atoms with Gasteiger partial charge in [-0.15, -0.1) is 0 Å². The molecule has 0 aliphatic heterocycles. The molecule has 0 aliphatic carbocycles. The first-order valence-corrected chi connectivity index (χ1v) is 6.57. The van der Waals surface area contributed by atoms with Crippen LogP contribution in [0.3, 0.4) is 0 Å². The van der Waals surface area contributed by atoms with Crippen molar-refractivity contribution in [2.45, 2.75) is 32.4 Å². The Bertz CT molecular complexity index is 359. The average Bonchev–Trinajstić information content (AvgIpc) is 2.31. The van der Waals surface area contributed by atoms with Crippen molar-refractivity contribution in [3.63, 3.8) is 0 Å². The molecule has 1 rings (SSSR count). The Morgan fingerprint density at radius 3 is 2.71 bits per heavy atom. The maximum Gasteiger partial charge on any atom is 0.137 e. The zero-order valence-electron chi connectivity index (χ0n) is 10.5. The highest BCUT2D eigenvalue weighted by Crippen LogP contribution is 2.21. The predicted molar refractivity (Wildman–Crippen MR) is 71.6 cm³/mol. The molecular weight excluding hydrogens is 285 g/mol. The summed E-state index contributed by atoms with van der Waals surface area (Å²) in [6, 6.07) is 5.59. The van der Waals surface area contributed by atoms with Gasteiger partial charge in [-0.1, -0.05) is 13.0 Å². The zero-order valence-corrected chi connectivity index (χ0v) is 12.1. The minimum atomic E-state index is -0.232. The number of methoxy groups -OCH3 is 1. The number of ether oxygens (including phenoxy) is 1. The van der Waals surface area contributed by atoms with E-state index in [1.54, 1.807) is 13.2 Å². The van der Waals surface area contributed by atoms with E-state index in [1.165, 1.54) is 6.07 Å². The number of hydrogen-bond donors (Lipinski definition) is 1. The van der Waals surface area contributed by atoms with Gasteiger partial charge in [-0.05, 0) is 47.0 Å². The summed E-state index contributed by atoms with van der Waals surface area (Å²) < 4.78 is 18.8. The second-order valence-electron chi connectivity index (χ2n) is 4.12. The third-order valence-electron chi connectivity index (χ3n) is 2.79. The van der Waals surface area contributed by atoms with E-state index in [2.05, 4.69) is 35.1 Å². The number of halogens is 2. The molecule has 0 spiro atoms. The summed E-state index contributed by atoms with van der Waals surface area (Å²) >= 11 is 3.20. The monoisotopic (exact) mass is 303 g/mol. The average molecular weight is 304 g/mol. The molecule has 0 aliphatic rings. The first-order chi connectivity index (χ1) is 8.08. The fourth-order valence-corrected chi connectivity index (χ4v) is 2.11. The molecule has 1 aromatic carbocycles. The predicted octanol–water partition coefficient (Wildman–Crippen LogP) is 3.66. The van der Waals surface area contributed by atoms with Crippen LogP contribution in [0.2, 0.25) is 0 Å². The van der Waals surface area contributed by atoms with E-state index in [0.717, 1.165) is 12.0 Å². The van der Waals surface area contributed by atoms with Gasteiger partial charge >= 0.3 is 0 Å². The van der Waals surface area contributed by atoms with E-state index >= 15 is 0 Å². The summed E-state index contributed by atoms with van der Waals surface area (Å²) in [5.74, 6) is -0.232. The third kappa shape index (κ3) is 4.37. The summed E-state index contributed by atoms with van der Waals surface area (Å²) in [6.07, 6.45) is 1.00. The van der Waals surface area contributed by atoms with Gasteiger partial charge in [-0.25, -0.2) is 4.39 Å². The van der Waals surface area contributed by atoms with E-state index in [1.807, 2.05) is 6.07 Å². The van der Waals surface area contributed by atoms with Crippen LogP contribution in [0, 0.1) is 5.82 Å². The molecule has 96 valence electrons. The van der Waals surface area contributed by atoms with E-state index in [9.17, 15) is 4.39 Å². The first-order valence-electron chi connectivity index (χ1n) is 5.78. The molecular formula is C13H19BrFNO. The zero-order chi connectivity index (χ0) is 12.8. The molecule has 0 fully saturated rings. The standard InChI is InChI=1S/C13H19BrFNO/c1-4-11(8-17-3)16-9(2)10-5-6-13(15)12(14)7-10/h5-7,9,11,16H,4,8H2,1-3H3. The van der Waals surface area contributed by atoms with Crippen LogP contribution in [0.1, 0.15) is 31.9 Å². The van der Waals surface area contributed by atoms with Crippen molar-refractivity contribution in [1.29, 1.82) is 0 Å². The van der Waals surface area contributed by atoms with Gasteiger partial charge in [-0.3, -0.25) is 0 Å². The SMILES string of the molecule is CCC(COC)NC(C)c1ccc(F)c(Br)c1. The Balaban J connectivity index is 2.68. The fraction of sp³-hybridized carbons (Fsp3) is 0.538. The van der Waals surface area contributed by atoms with E-state index in [0.29, 0.717) is 17.1 Å². The van der Waals surface area contributed by atoms with Gasteiger partial charge in [0.05, 0.1) is 11.1 Å². The summed E-state index contributed by atoms with van der Waals surface area (Å²) in [5, 5.41) is 3.46. The van der Waals surface area contributed by atoms with Gasteiger partial charge < -0.3 is 10.1 Å². The minimum absolute atomic E-state index is 0.173. The second kappa shape index (κ2) is 7.09.